The van der Waals surface area contributed by atoms with E-state index < -0.39 is 15.7 Å². The minimum atomic E-state index is -3.51. The van der Waals surface area contributed by atoms with Gasteiger partial charge in [0.25, 0.3) is 0 Å². The molecule has 1 radical (unpaired) electrons. The van der Waals surface area contributed by atoms with Gasteiger partial charge in [0.1, 0.15) is 0 Å². The lowest BCUT2D eigenvalue weighted by Gasteiger charge is -2.14. The summed E-state index contributed by atoms with van der Waals surface area (Å²) in [5, 5.41) is 1.62. The van der Waals surface area contributed by atoms with E-state index in [-0.39, 0.29) is 5.75 Å². The van der Waals surface area contributed by atoms with Gasteiger partial charge in [-0.1, -0.05) is 67.9 Å². The van der Waals surface area contributed by atoms with E-state index in [0.717, 1.165) is 51.3 Å². The number of aryl methyl sites for hydroxylation is 1. The Morgan fingerprint density at radius 2 is 1.64 bits per heavy atom. The van der Waals surface area contributed by atoms with Crippen LogP contribution in [0.5, 0.6) is 0 Å². The Bertz CT molecular complexity index is 1690. The quantitative estimate of drug-likeness (QED) is 0.301. The molecule has 36 heavy (non-hydrogen) atoms. The summed E-state index contributed by atoms with van der Waals surface area (Å²) in [5.74, 6) is -0.579. The maximum atomic E-state index is 13.2. The molecule has 4 aromatic carbocycles. The molecule has 1 amide bonds. The van der Waals surface area contributed by atoms with Crippen molar-refractivity contribution in [3.8, 4) is 0 Å². The molecular formula is C30H27N2O3S. The number of hydrogen-bond acceptors (Lipinski definition) is 3. The van der Waals surface area contributed by atoms with Crippen LogP contribution >= 0.6 is 0 Å². The topological polar surface area (TPSA) is 82.2 Å². The normalized spacial score (nSPS) is 11.8. The maximum Gasteiger partial charge on any atom is 0.249 e. The molecule has 2 N–H and O–H groups in total. The highest BCUT2D eigenvalue weighted by Crippen LogP contribution is 2.33. The van der Waals surface area contributed by atoms with Crippen molar-refractivity contribution < 1.29 is 13.2 Å². The highest BCUT2D eigenvalue weighted by molar-refractivity contribution is 7.90. The van der Waals surface area contributed by atoms with E-state index in [4.69, 9.17) is 5.73 Å². The second kappa shape index (κ2) is 9.63. The fourth-order valence-corrected chi connectivity index (χ4v) is 6.28. The Morgan fingerprint density at radius 1 is 0.917 bits per heavy atom. The molecule has 6 heteroatoms. The number of hydrogen-bond donors (Lipinski definition) is 1. The Labute approximate surface area is 211 Å². The maximum absolute atomic E-state index is 13.2. The summed E-state index contributed by atoms with van der Waals surface area (Å²) < 4.78 is 28.4. The van der Waals surface area contributed by atoms with Gasteiger partial charge < -0.3 is 10.3 Å². The van der Waals surface area contributed by atoms with Crippen molar-refractivity contribution in [2.75, 3.05) is 0 Å². The Hall–Kier alpha value is -3.90. The predicted molar refractivity (Wildman–Crippen MR) is 144 cm³/mol. The van der Waals surface area contributed by atoms with Gasteiger partial charge in [-0.3, -0.25) is 4.79 Å². The first-order valence-corrected chi connectivity index (χ1v) is 13.6. The van der Waals surface area contributed by atoms with Crippen LogP contribution in [-0.4, -0.2) is 18.9 Å². The minimum absolute atomic E-state index is 0.0932. The van der Waals surface area contributed by atoms with Crippen molar-refractivity contribution in [3.05, 3.63) is 113 Å². The number of primary amides is 1. The zero-order valence-electron chi connectivity index (χ0n) is 20.1. The van der Waals surface area contributed by atoms with Gasteiger partial charge in [-0.2, -0.15) is 0 Å². The van der Waals surface area contributed by atoms with Crippen molar-refractivity contribution >= 4 is 37.6 Å². The van der Waals surface area contributed by atoms with Gasteiger partial charge >= 0.3 is 0 Å². The number of carbonyl (C=O) groups excluding carboxylic acids is 1. The van der Waals surface area contributed by atoms with Crippen molar-refractivity contribution in [3.63, 3.8) is 0 Å². The first-order chi connectivity index (χ1) is 17.4. The average Bonchev–Trinajstić information content (AvgIpc) is 3.18. The van der Waals surface area contributed by atoms with Crippen LogP contribution in [0.2, 0.25) is 0 Å². The van der Waals surface area contributed by atoms with E-state index >= 15 is 0 Å². The molecule has 0 aliphatic rings. The summed E-state index contributed by atoms with van der Waals surface area (Å²) in [6, 6.07) is 29.2. The van der Waals surface area contributed by atoms with Gasteiger partial charge in [-0.25, -0.2) is 8.42 Å². The number of nitrogens with zero attached hydrogens (tertiary/aromatic N) is 1. The number of nitrogens with two attached hydrogens (primary N) is 1. The second-order valence-corrected chi connectivity index (χ2v) is 11.0. The third-order valence-electron chi connectivity index (χ3n) is 6.55. The highest BCUT2D eigenvalue weighted by atomic mass is 32.2. The number of sulfone groups is 1. The average molecular weight is 496 g/mol. The fourth-order valence-electron chi connectivity index (χ4n) is 4.85. The summed E-state index contributed by atoms with van der Waals surface area (Å²) in [5.41, 5.74) is 10.8. The summed E-state index contributed by atoms with van der Waals surface area (Å²) in [6.45, 7) is 2.58. The summed E-state index contributed by atoms with van der Waals surface area (Å²) in [6.07, 6.45) is 1.93. The summed E-state index contributed by atoms with van der Waals surface area (Å²) >= 11 is 0. The lowest BCUT2D eigenvalue weighted by Crippen LogP contribution is -2.11. The van der Waals surface area contributed by atoms with Crippen molar-refractivity contribution in [1.29, 1.82) is 0 Å². The van der Waals surface area contributed by atoms with Gasteiger partial charge in [0, 0.05) is 22.9 Å². The Morgan fingerprint density at radius 3 is 2.36 bits per heavy atom. The lowest BCUT2D eigenvalue weighted by atomic mass is 10.0. The first-order valence-electron chi connectivity index (χ1n) is 12.0. The van der Waals surface area contributed by atoms with Crippen molar-refractivity contribution in [1.82, 2.24) is 4.57 Å². The number of rotatable bonds is 8. The van der Waals surface area contributed by atoms with Crippen LogP contribution < -0.4 is 5.73 Å². The van der Waals surface area contributed by atoms with Crippen molar-refractivity contribution in [2.45, 2.75) is 37.0 Å². The van der Waals surface area contributed by atoms with E-state index in [0.29, 0.717) is 17.0 Å². The number of amides is 1. The zero-order chi connectivity index (χ0) is 25.3. The number of benzene rings is 4. The summed E-state index contributed by atoms with van der Waals surface area (Å²) in [7, 11) is -3.51. The standard InChI is InChI=1S/C30H27N2O3S/c1-2-9-21-16-17-25-28(18-21)32(27-15-8-14-26(29(25)27)30(31)33)19-22-10-6-7-11-23(22)20-36(34,35)24-12-4-3-5-13-24/h3-8,10-16,18H,2,9,19-20H2,1H3,(H2,31,33). The molecule has 0 unspecified atom stereocenters. The molecule has 5 rings (SSSR count). The van der Waals surface area contributed by atoms with Gasteiger partial charge in [0.15, 0.2) is 9.84 Å². The molecule has 0 atom stereocenters. The molecule has 0 fully saturated rings. The van der Waals surface area contributed by atoms with Gasteiger partial charge in [0.2, 0.25) is 5.91 Å². The smallest absolute Gasteiger partial charge is 0.249 e. The molecule has 5 nitrogen and oxygen atoms in total. The number of aromatic nitrogens is 1. The minimum Gasteiger partial charge on any atom is -0.366 e. The second-order valence-electron chi connectivity index (χ2n) is 9.01. The summed E-state index contributed by atoms with van der Waals surface area (Å²) in [4.78, 5) is 12.6. The van der Waals surface area contributed by atoms with Crippen LogP contribution in [0.25, 0.3) is 21.8 Å². The number of carbonyl (C=O) groups is 1. The van der Waals surface area contributed by atoms with Crippen LogP contribution in [-0.2, 0) is 28.6 Å². The lowest BCUT2D eigenvalue weighted by molar-refractivity contribution is 0.100. The molecule has 0 spiro atoms. The molecule has 0 bridgehead atoms. The van der Waals surface area contributed by atoms with Crippen molar-refractivity contribution in [2.24, 2.45) is 5.73 Å². The molecule has 1 aromatic heterocycles. The van der Waals surface area contributed by atoms with E-state index in [9.17, 15) is 13.2 Å². The molecule has 0 aliphatic heterocycles. The Balaban J connectivity index is 1.66. The van der Waals surface area contributed by atoms with E-state index in [1.165, 1.54) is 0 Å². The third-order valence-corrected chi connectivity index (χ3v) is 8.23. The molecule has 181 valence electrons. The van der Waals surface area contributed by atoms with Crippen LogP contribution in [0.1, 0.15) is 40.4 Å². The third kappa shape index (κ3) is 4.40. The number of fused-ring (bicyclic) bond motifs is 3. The molecule has 0 saturated carbocycles. The monoisotopic (exact) mass is 495 g/mol. The Kier molecular flexibility index (Phi) is 6.37. The molecule has 0 aliphatic carbocycles. The largest absolute Gasteiger partial charge is 0.366 e. The molecule has 0 saturated heterocycles. The van der Waals surface area contributed by atoms with Gasteiger partial charge in [-0.05, 0) is 59.5 Å². The highest BCUT2D eigenvalue weighted by Gasteiger charge is 2.20. The molecular weight excluding hydrogens is 468 g/mol. The first kappa shape index (κ1) is 23.8. The molecule has 1 heterocycles. The fraction of sp³-hybridized carbons (Fsp3) is 0.167. The van der Waals surface area contributed by atoms with Crippen LogP contribution in [0.3, 0.4) is 0 Å². The zero-order valence-corrected chi connectivity index (χ0v) is 20.9. The van der Waals surface area contributed by atoms with Gasteiger partial charge in [0.05, 0.1) is 21.7 Å². The molecule has 5 aromatic rings. The van der Waals surface area contributed by atoms with Crippen LogP contribution in [0.15, 0.2) is 89.8 Å². The SMILES string of the molecule is CCCc1c[c]c2c3c(C(N)=O)cccc3n(Cc3ccccc3CS(=O)(=O)c3ccccc3)c2c1. The van der Waals surface area contributed by atoms with E-state index in [1.54, 1.807) is 36.4 Å². The van der Waals surface area contributed by atoms with Gasteiger partial charge in [-0.15, -0.1) is 0 Å². The van der Waals surface area contributed by atoms with E-state index in [2.05, 4.69) is 23.6 Å². The van der Waals surface area contributed by atoms with Crippen LogP contribution in [0, 0.1) is 6.07 Å². The van der Waals surface area contributed by atoms with Crippen LogP contribution in [0.4, 0.5) is 0 Å². The van der Waals surface area contributed by atoms with E-state index in [1.807, 2.05) is 42.5 Å². The predicted octanol–water partition coefficient (Wildman–Crippen LogP) is 5.67.